The molecule has 0 N–H and O–H groups in total. The van der Waals surface area contributed by atoms with Gasteiger partial charge in [0.1, 0.15) is 5.82 Å². The monoisotopic (exact) mass is 279 g/mol. The van der Waals surface area contributed by atoms with Gasteiger partial charge in [-0.2, -0.15) is 0 Å². The quantitative estimate of drug-likeness (QED) is 0.470. The van der Waals surface area contributed by atoms with E-state index in [1.807, 2.05) is 0 Å². The van der Waals surface area contributed by atoms with Gasteiger partial charge in [-0.15, -0.1) is 0 Å². The van der Waals surface area contributed by atoms with Crippen LogP contribution < -0.4 is 0 Å². The highest BCUT2D eigenvalue weighted by Crippen LogP contribution is 2.23. The van der Waals surface area contributed by atoms with Crippen molar-refractivity contribution in [2.45, 2.75) is 32.6 Å². The second-order valence-electron chi connectivity index (χ2n) is 5.95. The van der Waals surface area contributed by atoms with E-state index < -0.39 is 0 Å². The van der Waals surface area contributed by atoms with E-state index in [-0.39, 0.29) is 16.2 Å². The number of quaternary nitrogens is 1. The number of carbonyl (C=O) groups is 1. The van der Waals surface area contributed by atoms with Crippen LogP contribution in [0.1, 0.15) is 43.0 Å². The van der Waals surface area contributed by atoms with E-state index in [2.05, 4.69) is 6.92 Å². The lowest BCUT2D eigenvalue weighted by atomic mass is 9.98. The number of likely N-dealkylation sites (tertiary alicyclic amines) is 1. The molecular weight excluding hydrogens is 257 g/mol. The van der Waals surface area contributed by atoms with Crippen LogP contribution in [0, 0.1) is 16.9 Å². The van der Waals surface area contributed by atoms with Crippen molar-refractivity contribution < 1.29 is 13.8 Å². The van der Waals surface area contributed by atoms with Crippen LogP contribution >= 0.6 is 0 Å². The number of halogens is 1. The van der Waals surface area contributed by atoms with Gasteiger partial charge in [-0.25, -0.2) is 4.39 Å². The van der Waals surface area contributed by atoms with Gasteiger partial charge in [-0.1, -0.05) is 6.92 Å². The summed E-state index contributed by atoms with van der Waals surface area (Å²) < 4.78 is 12.6. The number of rotatable bonds is 5. The van der Waals surface area contributed by atoms with Gasteiger partial charge in [-0.05, 0) is 43.0 Å². The summed E-state index contributed by atoms with van der Waals surface area (Å²) in [6, 6.07) is 5.59. The zero-order chi connectivity index (χ0) is 14.6. The molecule has 1 aliphatic heterocycles. The lowest BCUT2D eigenvalue weighted by molar-refractivity contribution is -0.886. The minimum absolute atomic E-state index is 0.0121. The van der Waals surface area contributed by atoms with Crippen LogP contribution in [0.3, 0.4) is 0 Å². The number of ketones is 1. The van der Waals surface area contributed by atoms with Crippen molar-refractivity contribution in [3.05, 3.63) is 40.9 Å². The fraction of sp³-hybridized carbons (Fsp3) is 0.562. The van der Waals surface area contributed by atoms with E-state index in [4.69, 9.17) is 0 Å². The lowest BCUT2D eigenvalue weighted by Crippen LogP contribution is -2.48. The molecule has 0 atom stereocenters. The Labute approximate surface area is 119 Å². The van der Waals surface area contributed by atoms with E-state index in [9.17, 15) is 14.4 Å². The molecule has 3 nitrogen and oxygen atoms in total. The third-order valence-electron chi connectivity index (χ3n) is 4.19. The van der Waals surface area contributed by atoms with Crippen molar-refractivity contribution in [1.29, 1.82) is 0 Å². The SMILES string of the molecule is CC1CC[N+]([O-])(CCCC(=O)c2ccc(F)cc2)CC1. The summed E-state index contributed by atoms with van der Waals surface area (Å²) in [6.45, 7) is 4.04. The zero-order valence-electron chi connectivity index (χ0n) is 12.0. The molecule has 0 unspecified atom stereocenters. The van der Waals surface area contributed by atoms with E-state index >= 15 is 0 Å². The Morgan fingerprint density at radius 1 is 1.30 bits per heavy atom. The molecule has 0 aliphatic carbocycles. The largest absolute Gasteiger partial charge is 0.633 e. The molecule has 0 spiro atoms. The van der Waals surface area contributed by atoms with Crippen LogP contribution in [0.15, 0.2) is 24.3 Å². The van der Waals surface area contributed by atoms with E-state index in [1.54, 1.807) is 0 Å². The average molecular weight is 279 g/mol. The third-order valence-corrected chi connectivity index (χ3v) is 4.19. The van der Waals surface area contributed by atoms with Crippen LogP contribution in [0.5, 0.6) is 0 Å². The van der Waals surface area contributed by atoms with Gasteiger partial charge in [0, 0.05) is 18.4 Å². The van der Waals surface area contributed by atoms with Gasteiger partial charge < -0.3 is 9.85 Å². The van der Waals surface area contributed by atoms with Gasteiger partial charge in [0.25, 0.3) is 0 Å². The van der Waals surface area contributed by atoms with Crippen molar-refractivity contribution in [2.24, 2.45) is 5.92 Å². The zero-order valence-corrected chi connectivity index (χ0v) is 12.0. The normalized spacial score (nSPS) is 26.4. The van der Waals surface area contributed by atoms with E-state index in [1.165, 1.54) is 24.3 Å². The molecule has 4 heteroatoms. The van der Waals surface area contributed by atoms with E-state index in [0.717, 1.165) is 12.8 Å². The van der Waals surface area contributed by atoms with Gasteiger partial charge in [0.2, 0.25) is 0 Å². The van der Waals surface area contributed by atoms with Crippen LogP contribution in [-0.4, -0.2) is 30.1 Å². The molecule has 110 valence electrons. The van der Waals surface area contributed by atoms with Gasteiger partial charge in [-0.3, -0.25) is 4.79 Å². The predicted molar refractivity (Wildman–Crippen MR) is 76.6 cm³/mol. The molecule has 0 saturated carbocycles. The molecule has 2 rings (SSSR count). The first kappa shape index (κ1) is 15.1. The van der Waals surface area contributed by atoms with Crippen LogP contribution in [-0.2, 0) is 0 Å². The second kappa shape index (κ2) is 6.46. The number of carbonyl (C=O) groups excluding carboxylic acids is 1. The Hall–Kier alpha value is -1.26. The average Bonchev–Trinajstić information content (AvgIpc) is 2.43. The van der Waals surface area contributed by atoms with Crippen LogP contribution in [0.2, 0.25) is 0 Å². The molecule has 20 heavy (non-hydrogen) atoms. The van der Waals surface area contributed by atoms with Crippen molar-refractivity contribution in [1.82, 2.24) is 0 Å². The van der Waals surface area contributed by atoms with Crippen LogP contribution in [0.4, 0.5) is 4.39 Å². The molecule has 1 saturated heterocycles. The highest BCUT2D eigenvalue weighted by atomic mass is 19.1. The molecule has 1 aromatic carbocycles. The fourth-order valence-electron chi connectivity index (χ4n) is 2.70. The smallest absolute Gasteiger partial charge is 0.163 e. The number of benzene rings is 1. The van der Waals surface area contributed by atoms with Crippen molar-refractivity contribution in [3.63, 3.8) is 0 Å². The minimum atomic E-state index is -0.340. The maximum Gasteiger partial charge on any atom is 0.163 e. The highest BCUT2D eigenvalue weighted by molar-refractivity contribution is 5.95. The van der Waals surface area contributed by atoms with Crippen molar-refractivity contribution >= 4 is 5.78 Å². The predicted octanol–water partition coefficient (Wildman–Crippen LogP) is 3.53. The van der Waals surface area contributed by atoms with Gasteiger partial charge in [0.05, 0.1) is 19.6 Å². The number of hydroxylamine groups is 3. The van der Waals surface area contributed by atoms with Crippen LogP contribution in [0.25, 0.3) is 0 Å². The molecule has 1 aromatic rings. The maximum atomic E-state index is 12.8. The lowest BCUT2D eigenvalue weighted by Gasteiger charge is -2.47. The molecular formula is C16H22FNO2. The first-order chi connectivity index (χ1) is 9.48. The fourth-order valence-corrected chi connectivity index (χ4v) is 2.70. The molecule has 1 aliphatic rings. The topological polar surface area (TPSA) is 40.1 Å². The summed E-state index contributed by atoms with van der Waals surface area (Å²) in [4.78, 5) is 11.9. The molecule has 0 aromatic heterocycles. The highest BCUT2D eigenvalue weighted by Gasteiger charge is 2.24. The molecule has 1 fully saturated rings. The summed E-state index contributed by atoms with van der Waals surface area (Å²) in [5, 5.41) is 12.4. The second-order valence-corrected chi connectivity index (χ2v) is 5.95. The molecule has 0 radical (unpaired) electrons. The number of piperidine rings is 1. The Morgan fingerprint density at radius 2 is 1.90 bits per heavy atom. The number of hydrogen-bond donors (Lipinski definition) is 0. The Bertz CT molecular complexity index is 450. The Balaban J connectivity index is 1.78. The Kier molecular flexibility index (Phi) is 4.89. The van der Waals surface area contributed by atoms with Gasteiger partial charge in [0.15, 0.2) is 5.78 Å². The van der Waals surface area contributed by atoms with Crippen molar-refractivity contribution in [3.8, 4) is 0 Å². The Morgan fingerprint density at radius 3 is 2.50 bits per heavy atom. The standard InChI is InChI=1S/C16H22FNO2/c1-13-8-11-18(20,12-9-13)10-2-3-16(19)14-4-6-15(17)7-5-14/h4-7,13H,2-3,8-12H2,1H3. The summed E-state index contributed by atoms with van der Waals surface area (Å²) in [5.74, 6) is 0.297. The number of Topliss-reactive ketones (excluding diaryl/α,β-unsaturated/α-hetero) is 1. The van der Waals surface area contributed by atoms with Gasteiger partial charge >= 0.3 is 0 Å². The number of nitrogens with zero attached hydrogens (tertiary/aromatic N) is 1. The third kappa shape index (κ3) is 4.12. The minimum Gasteiger partial charge on any atom is -0.633 e. The first-order valence-corrected chi connectivity index (χ1v) is 7.34. The van der Waals surface area contributed by atoms with Crippen molar-refractivity contribution in [2.75, 3.05) is 19.6 Å². The molecule has 0 bridgehead atoms. The molecule has 1 heterocycles. The summed E-state index contributed by atoms with van der Waals surface area (Å²) in [7, 11) is 0. The first-order valence-electron chi connectivity index (χ1n) is 7.34. The van der Waals surface area contributed by atoms with E-state index in [0.29, 0.717) is 44.0 Å². The molecule has 0 amide bonds. The summed E-state index contributed by atoms with van der Waals surface area (Å²) in [5.41, 5.74) is 0.524. The summed E-state index contributed by atoms with van der Waals surface area (Å²) >= 11 is 0. The number of hydrogen-bond acceptors (Lipinski definition) is 2. The summed E-state index contributed by atoms with van der Waals surface area (Å²) in [6.07, 6.45) is 2.93. The maximum absolute atomic E-state index is 12.8.